The van der Waals surface area contributed by atoms with Crippen molar-refractivity contribution in [3.8, 4) is 0 Å². The van der Waals surface area contributed by atoms with Crippen LogP contribution in [0.1, 0.15) is 13.3 Å². The Bertz CT molecular complexity index is 114. The highest BCUT2D eigenvalue weighted by Gasteiger charge is 2.02. The van der Waals surface area contributed by atoms with Gasteiger partial charge in [0.05, 0.1) is 0 Å². The number of thiol groups is 1. The van der Waals surface area contributed by atoms with Crippen molar-refractivity contribution in [2.24, 2.45) is 5.73 Å². The molecule has 0 amide bonds. The first-order valence-electron chi connectivity index (χ1n) is 3.38. The van der Waals surface area contributed by atoms with Crippen LogP contribution in [0.4, 0.5) is 0 Å². The molecule has 0 bridgehead atoms. The maximum atomic E-state index is 11.3. The van der Waals surface area contributed by atoms with Gasteiger partial charge >= 0.3 is 0 Å². The molecule has 0 spiro atoms. The molecule has 0 aliphatic rings. The van der Waals surface area contributed by atoms with E-state index < -0.39 is 9.93 Å². The molecule has 0 aromatic rings. The lowest BCUT2D eigenvalue weighted by Gasteiger charge is -2.14. The molecule has 58 valence electrons. The molecule has 0 aliphatic heterocycles. The second-order valence-electron chi connectivity index (χ2n) is 2.48. The Labute approximate surface area is 58.2 Å². The summed E-state index contributed by atoms with van der Waals surface area (Å²) in [7, 11) is -1.77. The minimum Gasteiger partial charge on any atom is -0.330 e. The molecule has 0 aromatic heterocycles. The van der Waals surface area contributed by atoms with Crippen molar-refractivity contribution in [2.45, 2.75) is 13.3 Å². The molecule has 0 saturated carbocycles. The Hall–Kier alpha value is 0.110. The van der Waals surface area contributed by atoms with Crippen LogP contribution in [0.2, 0.25) is 0 Å². The summed E-state index contributed by atoms with van der Waals surface area (Å²) in [4.78, 5) is 0. The lowest BCUT2D eigenvalue weighted by atomic mass is 10.5. The van der Waals surface area contributed by atoms with E-state index in [0.29, 0.717) is 6.54 Å². The van der Waals surface area contributed by atoms with Gasteiger partial charge in [0.25, 0.3) is 0 Å². The van der Waals surface area contributed by atoms with Crippen LogP contribution in [-0.4, -0.2) is 28.5 Å². The van der Waals surface area contributed by atoms with Crippen molar-refractivity contribution in [3.63, 3.8) is 0 Å². The van der Waals surface area contributed by atoms with Crippen molar-refractivity contribution in [1.82, 2.24) is 0 Å². The molecule has 0 unspecified atom stereocenters. The normalized spacial score (nSPS) is 13.7. The summed E-state index contributed by atoms with van der Waals surface area (Å²) in [6, 6.07) is 0. The molecular weight excluding hydrogens is 134 g/mol. The van der Waals surface area contributed by atoms with E-state index in [-0.39, 0.29) is 0 Å². The molecular formula is C6H17NOS. The van der Waals surface area contributed by atoms with Gasteiger partial charge in [0.2, 0.25) is 0 Å². The molecule has 0 atom stereocenters. The summed E-state index contributed by atoms with van der Waals surface area (Å²) in [6.45, 7) is 2.63. The molecule has 2 N–H and O–H groups in total. The van der Waals surface area contributed by atoms with Gasteiger partial charge in [0.15, 0.2) is 0 Å². The standard InChI is InChI=1S/C6H17NOS/c1-3-9(2,8)6-4-5-7/h9H,3-7H2,1-2H3. The van der Waals surface area contributed by atoms with Crippen LogP contribution in [0, 0.1) is 0 Å². The van der Waals surface area contributed by atoms with Gasteiger partial charge in [-0.15, -0.1) is 9.93 Å². The Morgan fingerprint density at radius 2 is 2.11 bits per heavy atom. The van der Waals surface area contributed by atoms with E-state index in [1.54, 1.807) is 0 Å². The average Bonchev–Trinajstić information content (AvgIpc) is 1.84. The molecule has 0 aromatic carbocycles. The van der Waals surface area contributed by atoms with Crippen molar-refractivity contribution >= 4 is 9.93 Å². The molecule has 0 heterocycles. The molecule has 0 fully saturated rings. The molecule has 3 heteroatoms. The van der Waals surface area contributed by atoms with E-state index in [4.69, 9.17) is 5.73 Å². The predicted molar refractivity (Wildman–Crippen MR) is 44.5 cm³/mol. The highest BCUT2D eigenvalue weighted by Crippen LogP contribution is 1.99. The van der Waals surface area contributed by atoms with Gasteiger partial charge in [0.1, 0.15) is 0 Å². The van der Waals surface area contributed by atoms with Gasteiger partial charge in [0, 0.05) is 5.75 Å². The average molecular weight is 151 g/mol. The fraction of sp³-hybridized carbons (Fsp3) is 1.00. The van der Waals surface area contributed by atoms with Crippen LogP contribution < -0.4 is 5.73 Å². The summed E-state index contributed by atoms with van der Waals surface area (Å²) < 4.78 is 11.3. The highest BCUT2D eigenvalue weighted by atomic mass is 32.2. The second-order valence-corrected chi connectivity index (χ2v) is 6.15. The van der Waals surface area contributed by atoms with E-state index in [2.05, 4.69) is 0 Å². The van der Waals surface area contributed by atoms with E-state index in [0.717, 1.165) is 17.9 Å². The number of hydrogen-bond donors (Lipinski definition) is 2. The van der Waals surface area contributed by atoms with Gasteiger partial charge in [-0.2, -0.15) is 0 Å². The minimum atomic E-state index is -1.77. The van der Waals surface area contributed by atoms with Crippen LogP contribution >= 0.6 is 0 Å². The van der Waals surface area contributed by atoms with Crippen LogP contribution in [0.25, 0.3) is 0 Å². The topological polar surface area (TPSA) is 43.1 Å². The van der Waals surface area contributed by atoms with Crippen LogP contribution in [0.5, 0.6) is 0 Å². The fourth-order valence-corrected chi connectivity index (χ4v) is 1.75. The van der Waals surface area contributed by atoms with Crippen LogP contribution in [0.3, 0.4) is 0 Å². The minimum absolute atomic E-state index is 0.665. The van der Waals surface area contributed by atoms with E-state index in [1.807, 2.05) is 13.2 Å². The third-order valence-corrected chi connectivity index (χ3v) is 4.10. The molecule has 0 rings (SSSR count). The number of rotatable bonds is 4. The van der Waals surface area contributed by atoms with E-state index >= 15 is 0 Å². The zero-order chi connectivity index (χ0) is 7.33. The summed E-state index contributed by atoms with van der Waals surface area (Å²) in [6.07, 6.45) is 2.75. The summed E-state index contributed by atoms with van der Waals surface area (Å²) in [5.41, 5.74) is 5.27. The SMILES string of the molecule is CC[SH](C)(=O)CCCN. The molecule has 2 nitrogen and oxygen atoms in total. The largest absolute Gasteiger partial charge is 0.330 e. The maximum absolute atomic E-state index is 11.3. The van der Waals surface area contributed by atoms with Crippen molar-refractivity contribution in [3.05, 3.63) is 0 Å². The Balaban J connectivity index is 3.46. The number of hydrogen-bond acceptors (Lipinski definition) is 2. The fourth-order valence-electron chi connectivity index (χ4n) is 0.584. The zero-order valence-corrected chi connectivity index (χ0v) is 7.16. The molecule has 9 heavy (non-hydrogen) atoms. The third-order valence-electron chi connectivity index (χ3n) is 1.50. The van der Waals surface area contributed by atoms with Crippen LogP contribution in [-0.2, 0) is 9.93 Å². The number of nitrogens with two attached hydrogens (primary N) is 1. The first-order chi connectivity index (χ1) is 4.12. The Morgan fingerprint density at radius 3 is 2.44 bits per heavy atom. The first-order valence-corrected chi connectivity index (χ1v) is 5.90. The van der Waals surface area contributed by atoms with Crippen molar-refractivity contribution in [1.29, 1.82) is 0 Å². The first kappa shape index (κ1) is 9.11. The predicted octanol–water partition coefficient (Wildman–Crippen LogP) is 0.00160. The van der Waals surface area contributed by atoms with E-state index in [1.165, 1.54) is 0 Å². The van der Waals surface area contributed by atoms with Gasteiger partial charge in [-0.05, 0) is 25.0 Å². The monoisotopic (exact) mass is 151 g/mol. The lowest BCUT2D eigenvalue weighted by molar-refractivity contribution is 0.672. The molecule has 0 radical (unpaired) electrons. The van der Waals surface area contributed by atoms with Gasteiger partial charge < -0.3 is 5.73 Å². The Morgan fingerprint density at radius 1 is 1.56 bits per heavy atom. The molecule has 0 saturated heterocycles. The van der Waals surface area contributed by atoms with E-state index in [9.17, 15) is 4.21 Å². The molecule has 0 aliphatic carbocycles. The van der Waals surface area contributed by atoms with Gasteiger partial charge in [-0.25, -0.2) is 0 Å². The Kier molecular flexibility index (Phi) is 4.06. The van der Waals surface area contributed by atoms with Crippen LogP contribution in [0.15, 0.2) is 0 Å². The lowest BCUT2D eigenvalue weighted by Crippen LogP contribution is -2.19. The van der Waals surface area contributed by atoms with Gasteiger partial charge in [-0.1, -0.05) is 6.92 Å². The summed E-state index contributed by atoms with van der Waals surface area (Å²) in [5.74, 6) is 1.63. The maximum Gasteiger partial charge on any atom is 0.00221 e. The van der Waals surface area contributed by atoms with Gasteiger partial charge in [-0.3, -0.25) is 4.21 Å². The highest BCUT2D eigenvalue weighted by molar-refractivity contribution is 8.02. The summed E-state index contributed by atoms with van der Waals surface area (Å²) in [5, 5.41) is 0. The quantitative estimate of drug-likeness (QED) is 0.556. The third kappa shape index (κ3) is 4.60. The second kappa shape index (κ2) is 4.01. The summed E-state index contributed by atoms with van der Waals surface area (Å²) >= 11 is 0. The smallest absolute Gasteiger partial charge is 0.00221 e. The van der Waals surface area contributed by atoms with Crippen molar-refractivity contribution < 1.29 is 4.21 Å². The zero-order valence-electron chi connectivity index (χ0n) is 6.26. The van der Waals surface area contributed by atoms with Crippen molar-refractivity contribution in [2.75, 3.05) is 24.3 Å².